The highest BCUT2D eigenvalue weighted by atomic mass is 35.5. The number of nitrogens with one attached hydrogen (secondary N) is 1. The van der Waals surface area contributed by atoms with Crippen LogP contribution in [0.5, 0.6) is 23.0 Å². The third-order valence-corrected chi connectivity index (χ3v) is 8.68. The second-order valence-electron chi connectivity index (χ2n) is 9.09. The number of hydrogen-bond donors (Lipinski definition) is 2. The van der Waals surface area contributed by atoms with E-state index in [1.807, 2.05) is 30.3 Å². The molecule has 1 fully saturated rings. The summed E-state index contributed by atoms with van der Waals surface area (Å²) in [5.41, 5.74) is 0.842. The van der Waals surface area contributed by atoms with Crippen LogP contribution in [0, 0.1) is 0 Å². The average Bonchev–Trinajstić information content (AvgIpc) is 3.22. The smallest absolute Gasteiger partial charge is 0.175 e. The quantitative estimate of drug-likeness (QED) is 0.247. The molecule has 37 heavy (non-hydrogen) atoms. The SMILES string of the molecule is CS(=O)(=O)c1ccc(-c2sc3cc(O)ccc3c2Oc2ccc(OCCC3CCCCN3)cc2)cc1.Cl. The third-order valence-electron chi connectivity index (χ3n) is 6.36. The predicted molar refractivity (Wildman–Crippen MR) is 152 cm³/mol. The maximum Gasteiger partial charge on any atom is 0.175 e. The van der Waals surface area contributed by atoms with Gasteiger partial charge in [-0.25, -0.2) is 8.42 Å². The summed E-state index contributed by atoms with van der Waals surface area (Å²) >= 11 is 1.49. The molecule has 0 radical (unpaired) electrons. The Morgan fingerprint density at radius 3 is 2.41 bits per heavy atom. The van der Waals surface area contributed by atoms with E-state index < -0.39 is 9.84 Å². The van der Waals surface area contributed by atoms with Crippen LogP contribution in [0.3, 0.4) is 0 Å². The van der Waals surface area contributed by atoms with Gasteiger partial charge in [-0.05, 0) is 86.0 Å². The first-order valence-corrected chi connectivity index (χ1v) is 14.8. The van der Waals surface area contributed by atoms with Crippen LogP contribution >= 0.6 is 23.7 Å². The zero-order valence-corrected chi connectivity index (χ0v) is 22.9. The molecule has 9 heteroatoms. The number of benzene rings is 3. The number of phenolic OH excluding ortho intramolecular Hbond substituents is 1. The van der Waals surface area contributed by atoms with Gasteiger partial charge in [-0.15, -0.1) is 23.7 Å². The van der Waals surface area contributed by atoms with E-state index in [1.165, 1.54) is 36.9 Å². The zero-order chi connectivity index (χ0) is 25.1. The highest BCUT2D eigenvalue weighted by Crippen LogP contribution is 2.47. The maximum absolute atomic E-state index is 11.9. The normalized spacial score (nSPS) is 15.8. The standard InChI is InChI=1S/C28H29NO5S2.ClH/c1-36(31,32)24-12-5-19(6-13-24)28-27(25-14-7-21(30)18-26(25)35-28)34-23-10-8-22(9-11-23)33-17-15-20-4-2-3-16-29-20;/h5-14,18,20,29-30H,2-4,15-17H2,1H3;1H. The summed E-state index contributed by atoms with van der Waals surface area (Å²) in [4.78, 5) is 1.12. The predicted octanol–water partition coefficient (Wildman–Crippen LogP) is 6.80. The molecule has 3 aromatic carbocycles. The molecule has 1 unspecified atom stereocenters. The van der Waals surface area contributed by atoms with Crippen molar-refractivity contribution in [3.63, 3.8) is 0 Å². The lowest BCUT2D eigenvalue weighted by atomic mass is 10.0. The molecule has 2 N–H and O–H groups in total. The Bertz CT molecular complexity index is 1440. The van der Waals surface area contributed by atoms with Crippen LogP contribution in [0.4, 0.5) is 0 Å². The van der Waals surface area contributed by atoms with Crippen molar-refractivity contribution >= 4 is 43.7 Å². The monoisotopic (exact) mass is 559 g/mol. The molecule has 0 spiro atoms. The molecule has 0 aliphatic carbocycles. The second kappa shape index (κ2) is 11.7. The first-order valence-electron chi connectivity index (χ1n) is 12.1. The first-order chi connectivity index (χ1) is 17.4. The van der Waals surface area contributed by atoms with E-state index in [4.69, 9.17) is 9.47 Å². The van der Waals surface area contributed by atoms with Crippen molar-refractivity contribution in [2.75, 3.05) is 19.4 Å². The molecule has 0 saturated carbocycles. The van der Waals surface area contributed by atoms with Gasteiger partial charge >= 0.3 is 0 Å². The fraction of sp³-hybridized carbons (Fsp3) is 0.286. The number of piperidine rings is 1. The van der Waals surface area contributed by atoms with Crippen LogP contribution in [-0.2, 0) is 9.84 Å². The number of halogens is 1. The third kappa shape index (κ3) is 6.57. The molecule has 1 atom stereocenters. The second-order valence-corrected chi connectivity index (χ2v) is 12.2. The van der Waals surface area contributed by atoms with E-state index >= 15 is 0 Å². The van der Waals surface area contributed by atoms with Crippen LogP contribution in [-0.4, -0.2) is 39.0 Å². The van der Waals surface area contributed by atoms with Crippen LogP contribution in [0.15, 0.2) is 71.6 Å². The summed E-state index contributed by atoms with van der Waals surface area (Å²) in [6, 6.07) is 20.1. The Hall–Kier alpha value is -2.78. The number of ether oxygens (including phenoxy) is 2. The van der Waals surface area contributed by atoms with Gasteiger partial charge in [-0.1, -0.05) is 18.6 Å². The molecule has 0 bridgehead atoms. The highest BCUT2D eigenvalue weighted by Gasteiger charge is 2.18. The van der Waals surface area contributed by atoms with Gasteiger partial charge in [0, 0.05) is 22.4 Å². The Balaban J connectivity index is 0.00000320. The Labute approximate surface area is 227 Å². The first kappa shape index (κ1) is 27.3. The van der Waals surface area contributed by atoms with Gasteiger partial charge in [0.25, 0.3) is 0 Å². The molecule has 1 saturated heterocycles. The number of rotatable bonds is 8. The highest BCUT2D eigenvalue weighted by molar-refractivity contribution is 7.90. The van der Waals surface area contributed by atoms with Gasteiger partial charge in [-0.2, -0.15) is 0 Å². The lowest BCUT2D eigenvalue weighted by molar-refractivity contribution is 0.268. The van der Waals surface area contributed by atoms with Crippen molar-refractivity contribution in [1.82, 2.24) is 5.32 Å². The summed E-state index contributed by atoms with van der Waals surface area (Å²) < 4.78 is 36.9. The van der Waals surface area contributed by atoms with E-state index in [2.05, 4.69) is 5.32 Å². The van der Waals surface area contributed by atoms with E-state index in [9.17, 15) is 13.5 Å². The summed E-state index contributed by atoms with van der Waals surface area (Å²) in [6.45, 7) is 1.77. The van der Waals surface area contributed by atoms with Crippen molar-refractivity contribution in [2.45, 2.75) is 36.6 Å². The van der Waals surface area contributed by atoms with E-state index in [0.29, 0.717) is 24.1 Å². The number of fused-ring (bicyclic) bond motifs is 1. The number of sulfone groups is 1. The Kier molecular flexibility index (Phi) is 8.64. The maximum atomic E-state index is 11.9. The van der Waals surface area contributed by atoms with Gasteiger partial charge in [0.2, 0.25) is 0 Å². The van der Waals surface area contributed by atoms with Crippen molar-refractivity contribution in [3.05, 3.63) is 66.7 Å². The average molecular weight is 560 g/mol. The molecule has 4 aromatic rings. The van der Waals surface area contributed by atoms with Crippen molar-refractivity contribution in [3.8, 4) is 33.4 Å². The minimum Gasteiger partial charge on any atom is -0.508 e. The van der Waals surface area contributed by atoms with Gasteiger partial charge in [-0.3, -0.25) is 0 Å². The number of aromatic hydroxyl groups is 1. The largest absolute Gasteiger partial charge is 0.508 e. The van der Waals surface area contributed by atoms with E-state index in [0.717, 1.165) is 39.2 Å². The van der Waals surface area contributed by atoms with Crippen LogP contribution < -0.4 is 14.8 Å². The minimum absolute atomic E-state index is 0. The van der Waals surface area contributed by atoms with Crippen molar-refractivity contribution in [1.29, 1.82) is 0 Å². The number of hydrogen-bond acceptors (Lipinski definition) is 7. The topological polar surface area (TPSA) is 84.9 Å². The molecule has 196 valence electrons. The summed E-state index contributed by atoms with van der Waals surface area (Å²) in [7, 11) is -3.28. The molecule has 5 rings (SSSR count). The van der Waals surface area contributed by atoms with Gasteiger partial charge < -0.3 is 19.9 Å². The van der Waals surface area contributed by atoms with Crippen molar-refractivity contribution < 1.29 is 23.0 Å². The lowest BCUT2D eigenvalue weighted by Gasteiger charge is -2.23. The van der Waals surface area contributed by atoms with Crippen LogP contribution in [0.25, 0.3) is 20.5 Å². The Morgan fingerprint density at radius 2 is 1.73 bits per heavy atom. The molecule has 0 amide bonds. The fourth-order valence-corrected chi connectivity index (χ4v) is 6.22. The minimum atomic E-state index is -3.28. The summed E-state index contributed by atoms with van der Waals surface area (Å²) in [5.74, 6) is 2.31. The molecule has 1 aliphatic rings. The summed E-state index contributed by atoms with van der Waals surface area (Å²) in [5, 5.41) is 14.4. The van der Waals surface area contributed by atoms with Crippen LogP contribution in [0.1, 0.15) is 25.7 Å². The molecule has 2 heterocycles. The zero-order valence-electron chi connectivity index (χ0n) is 20.5. The van der Waals surface area contributed by atoms with Gasteiger partial charge in [0.1, 0.15) is 17.2 Å². The summed E-state index contributed by atoms with van der Waals surface area (Å²) in [6.07, 6.45) is 5.94. The Morgan fingerprint density at radius 1 is 1.00 bits per heavy atom. The molecular weight excluding hydrogens is 530 g/mol. The number of thiophene rings is 1. The molecule has 1 aromatic heterocycles. The van der Waals surface area contributed by atoms with Crippen molar-refractivity contribution in [2.24, 2.45) is 0 Å². The lowest BCUT2D eigenvalue weighted by Crippen LogP contribution is -2.35. The molecule has 1 aliphatic heterocycles. The van der Waals surface area contributed by atoms with E-state index in [1.54, 1.807) is 36.4 Å². The molecular formula is C28H30ClNO5S2. The fourth-order valence-electron chi connectivity index (χ4n) is 4.42. The number of phenols is 1. The van der Waals surface area contributed by atoms with Gasteiger partial charge in [0.15, 0.2) is 15.6 Å². The molecule has 6 nitrogen and oxygen atoms in total. The van der Waals surface area contributed by atoms with Crippen LogP contribution in [0.2, 0.25) is 0 Å². The van der Waals surface area contributed by atoms with E-state index in [-0.39, 0.29) is 23.1 Å². The van der Waals surface area contributed by atoms with Gasteiger partial charge in [0.05, 0.1) is 16.4 Å².